The van der Waals surface area contributed by atoms with Gasteiger partial charge in [0.25, 0.3) is 0 Å². The largest absolute Gasteiger partial charge is 0.467 e. The molecule has 0 amide bonds. The van der Waals surface area contributed by atoms with Gasteiger partial charge in [0.15, 0.2) is 0 Å². The predicted octanol–water partition coefficient (Wildman–Crippen LogP) is 6.70. The molecule has 0 aliphatic heterocycles. The Bertz CT molecular complexity index is 402. The van der Waals surface area contributed by atoms with Crippen LogP contribution < -0.4 is 0 Å². The summed E-state index contributed by atoms with van der Waals surface area (Å²) >= 11 is 0. The Kier molecular flexibility index (Phi) is 12.8. The molecule has 6 atom stereocenters. The Hall–Kier alpha value is -0.193. The monoisotopic (exact) mass is 399 g/mol. The molecule has 0 aromatic heterocycles. The minimum Gasteiger partial charge on any atom is -0.393 e. The number of aliphatic hydroxyl groups excluding tert-OH is 1. The molecule has 0 aromatic rings. The number of allylic oxidation sites excluding steroid dienone is 2. The van der Waals surface area contributed by atoms with E-state index < -0.39 is 15.2 Å². The molecule has 0 spiro atoms. The lowest BCUT2D eigenvalue weighted by molar-refractivity contribution is 0.0697. The molecule has 0 saturated heterocycles. The standard InChI is InChI=1S/C23H44FO2Si/c1-6-8-10-11-12-13-20-19(18(3)17-22(20)25)15-16-23(26-27(4)5)21(24)14-9-7-2/h11-12,18-23,25H,6-10,13-17H2,1-5H3/q+1/b12-11-/t18?,19-,20?,21?,22?,23?/m0/s1. The summed E-state index contributed by atoms with van der Waals surface area (Å²) in [6.07, 6.45) is 13.0. The molecule has 1 aliphatic carbocycles. The van der Waals surface area contributed by atoms with E-state index in [-0.39, 0.29) is 12.2 Å². The highest BCUT2D eigenvalue weighted by atomic mass is 28.3. The van der Waals surface area contributed by atoms with Gasteiger partial charge in [-0.1, -0.05) is 58.6 Å². The Labute approximate surface area is 169 Å². The van der Waals surface area contributed by atoms with Gasteiger partial charge in [-0.3, -0.25) is 0 Å². The Balaban J connectivity index is 2.62. The highest BCUT2D eigenvalue weighted by Crippen LogP contribution is 2.42. The molecular weight excluding hydrogens is 355 g/mol. The van der Waals surface area contributed by atoms with Crippen molar-refractivity contribution in [2.75, 3.05) is 0 Å². The van der Waals surface area contributed by atoms with Gasteiger partial charge in [-0.05, 0) is 56.3 Å². The van der Waals surface area contributed by atoms with Crippen LogP contribution in [0.2, 0.25) is 13.1 Å². The van der Waals surface area contributed by atoms with Gasteiger partial charge in [0, 0.05) is 0 Å². The minimum atomic E-state index is -0.908. The summed E-state index contributed by atoms with van der Waals surface area (Å²) in [6.45, 7) is 10.8. The third-order valence-corrected chi connectivity index (χ3v) is 6.87. The van der Waals surface area contributed by atoms with Crippen LogP contribution in [0.4, 0.5) is 4.39 Å². The number of unbranched alkanes of at least 4 members (excludes halogenated alkanes) is 3. The van der Waals surface area contributed by atoms with E-state index >= 15 is 0 Å². The third kappa shape index (κ3) is 9.23. The van der Waals surface area contributed by atoms with Crippen LogP contribution in [0.5, 0.6) is 0 Å². The lowest BCUT2D eigenvalue weighted by Crippen LogP contribution is -2.31. The summed E-state index contributed by atoms with van der Waals surface area (Å²) in [6, 6.07) is 0. The molecule has 4 heteroatoms. The van der Waals surface area contributed by atoms with E-state index in [0.717, 1.165) is 44.9 Å². The molecule has 1 fully saturated rings. The zero-order chi connectivity index (χ0) is 20.2. The molecule has 5 unspecified atom stereocenters. The minimum absolute atomic E-state index is 0.210. The van der Waals surface area contributed by atoms with Crippen molar-refractivity contribution >= 4 is 9.04 Å². The second kappa shape index (κ2) is 13.9. The molecule has 1 N–H and O–H groups in total. The van der Waals surface area contributed by atoms with E-state index in [1.807, 2.05) is 0 Å². The number of alkyl halides is 1. The fraction of sp³-hybridized carbons (Fsp3) is 0.913. The number of halogens is 1. The first-order chi connectivity index (χ1) is 12.9. The fourth-order valence-corrected chi connectivity index (χ4v) is 5.39. The lowest BCUT2D eigenvalue weighted by atomic mass is 9.83. The maximum Gasteiger partial charge on any atom is 0.467 e. The van der Waals surface area contributed by atoms with Crippen LogP contribution in [0.3, 0.4) is 0 Å². The van der Waals surface area contributed by atoms with E-state index in [1.54, 1.807) is 0 Å². The molecule has 158 valence electrons. The number of rotatable bonds is 14. The van der Waals surface area contributed by atoms with Gasteiger partial charge < -0.3 is 5.11 Å². The normalized spacial score (nSPS) is 28.0. The molecule has 0 aromatic carbocycles. The van der Waals surface area contributed by atoms with Crippen LogP contribution in [0.25, 0.3) is 0 Å². The van der Waals surface area contributed by atoms with Crippen LogP contribution in [0, 0.1) is 17.8 Å². The zero-order valence-corrected chi connectivity index (χ0v) is 19.4. The highest BCUT2D eigenvalue weighted by Gasteiger charge is 2.40. The van der Waals surface area contributed by atoms with Crippen molar-refractivity contribution in [2.24, 2.45) is 17.8 Å². The maximum atomic E-state index is 14.7. The van der Waals surface area contributed by atoms with Gasteiger partial charge in [0.2, 0.25) is 0 Å². The number of aliphatic hydroxyl groups is 1. The topological polar surface area (TPSA) is 29.5 Å². The predicted molar refractivity (Wildman–Crippen MR) is 116 cm³/mol. The van der Waals surface area contributed by atoms with Crippen LogP contribution in [-0.4, -0.2) is 32.5 Å². The van der Waals surface area contributed by atoms with Crippen molar-refractivity contribution in [3.63, 3.8) is 0 Å². The average molecular weight is 400 g/mol. The fourth-order valence-electron chi connectivity index (χ4n) is 4.52. The van der Waals surface area contributed by atoms with Gasteiger partial charge in [0.1, 0.15) is 12.3 Å². The molecule has 0 heterocycles. The first kappa shape index (κ1) is 24.8. The maximum absolute atomic E-state index is 14.7. The van der Waals surface area contributed by atoms with Gasteiger partial charge in [-0.25, -0.2) is 8.82 Å². The zero-order valence-electron chi connectivity index (χ0n) is 18.4. The molecular formula is C23H44FO2Si+. The summed E-state index contributed by atoms with van der Waals surface area (Å²) in [5.41, 5.74) is 0. The quantitative estimate of drug-likeness (QED) is 0.200. The van der Waals surface area contributed by atoms with Crippen LogP contribution in [0.1, 0.15) is 85.0 Å². The van der Waals surface area contributed by atoms with Gasteiger partial charge in [-0.15, -0.1) is 0 Å². The molecule has 1 aliphatic rings. The van der Waals surface area contributed by atoms with Crippen molar-refractivity contribution in [3.8, 4) is 0 Å². The highest BCUT2D eigenvalue weighted by molar-refractivity contribution is 6.48. The average Bonchev–Trinajstić information content (AvgIpc) is 2.89. The van der Waals surface area contributed by atoms with Crippen LogP contribution in [-0.2, 0) is 4.43 Å². The van der Waals surface area contributed by atoms with Crippen LogP contribution in [0.15, 0.2) is 12.2 Å². The summed E-state index contributed by atoms with van der Waals surface area (Å²) in [5, 5.41) is 10.5. The SMILES string of the molecule is CCCC/C=C\CC1C(O)CC(C)[C@@H]1CCC(O[Si+](C)C)C(F)CCCC. The summed E-state index contributed by atoms with van der Waals surface area (Å²) in [5.74, 6) is 1.31. The van der Waals surface area contributed by atoms with E-state index in [2.05, 4.69) is 46.0 Å². The molecule has 1 rings (SSSR count). The van der Waals surface area contributed by atoms with Crippen LogP contribution >= 0.6 is 0 Å². The number of hydrogen-bond donors (Lipinski definition) is 1. The van der Waals surface area contributed by atoms with Crippen molar-refractivity contribution in [1.29, 1.82) is 0 Å². The van der Waals surface area contributed by atoms with Crippen molar-refractivity contribution in [1.82, 2.24) is 0 Å². The summed E-state index contributed by atoms with van der Waals surface area (Å²) in [7, 11) is -0.908. The first-order valence-electron chi connectivity index (χ1n) is 11.3. The van der Waals surface area contributed by atoms with Crippen molar-refractivity contribution in [2.45, 2.75) is 116 Å². The molecule has 0 bridgehead atoms. The van der Waals surface area contributed by atoms with Gasteiger partial charge in [-0.2, -0.15) is 0 Å². The third-order valence-electron chi connectivity index (χ3n) is 6.10. The van der Waals surface area contributed by atoms with Crippen molar-refractivity contribution < 1.29 is 13.9 Å². The van der Waals surface area contributed by atoms with E-state index in [4.69, 9.17) is 4.43 Å². The van der Waals surface area contributed by atoms with E-state index in [0.29, 0.717) is 24.2 Å². The molecule has 1 saturated carbocycles. The molecule has 2 nitrogen and oxygen atoms in total. The van der Waals surface area contributed by atoms with Crippen molar-refractivity contribution in [3.05, 3.63) is 12.2 Å². The second-order valence-electron chi connectivity index (χ2n) is 8.76. The first-order valence-corrected chi connectivity index (χ1v) is 13.7. The summed E-state index contributed by atoms with van der Waals surface area (Å²) in [4.78, 5) is 0. The Morgan fingerprint density at radius 3 is 2.44 bits per heavy atom. The van der Waals surface area contributed by atoms with E-state index in [1.165, 1.54) is 12.8 Å². The Morgan fingerprint density at radius 2 is 1.81 bits per heavy atom. The summed E-state index contributed by atoms with van der Waals surface area (Å²) < 4.78 is 20.8. The lowest BCUT2D eigenvalue weighted by Gasteiger charge is -2.26. The van der Waals surface area contributed by atoms with E-state index in [9.17, 15) is 9.50 Å². The number of hydrogen-bond acceptors (Lipinski definition) is 2. The molecule has 0 radical (unpaired) electrons. The second-order valence-corrected chi connectivity index (χ2v) is 10.8. The molecule has 27 heavy (non-hydrogen) atoms. The van der Waals surface area contributed by atoms with Gasteiger partial charge in [0.05, 0.1) is 19.2 Å². The smallest absolute Gasteiger partial charge is 0.393 e. The van der Waals surface area contributed by atoms with Gasteiger partial charge >= 0.3 is 9.04 Å². The Morgan fingerprint density at radius 1 is 1.11 bits per heavy atom.